The maximum absolute atomic E-state index is 4.35. The minimum Gasteiger partial charge on any atom is -0.313 e. The summed E-state index contributed by atoms with van der Waals surface area (Å²) >= 11 is 3.84. The molecule has 1 aromatic rings. The van der Waals surface area contributed by atoms with E-state index in [0.717, 1.165) is 12.6 Å². The number of nitrogens with one attached hydrogen (secondary N) is 1. The van der Waals surface area contributed by atoms with Gasteiger partial charge in [0.1, 0.15) is 0 Å². The number of aromatic nitrogens is 1. The summed E-state index contributed by atoms with van der Waals surface area (Å²) in [5.41, 5.74) is 0. The summed E-state index contributed by atoms with van der Waals surface area (Å²) < 4.78 is 0. The van der Waals surface area contributed by atoms with Crippen LogP contribution < -0.4 is 5.32 Å². The van der Waals surface area contributed by atoms with Crippen molar-refractivity contribution in [1.29, 1.82) is 0 Å². The van der Waals surface area contributed by atoms with Crippen LogP contribution in [-0.2, 0) is 0 Å². The topological polar surface area (TPSA) is 24.9 Å². The van der Waals surface area contributed by atoms with Gasteiger partial charge in [-0.3, -0.25) is 0 Å². The molecule has 0 aromatic carbocycles. The molecule has 84 valence electrons. The van der Waals surface area contributed by atoms with Crippen LogP contribution in [0.1, 0.15) is 30.7 Å². The zero-order chi connectivity index (χ0) is 10.5. The lowest BCUT2D eigenvalue weighted by atomic mass is 10.1. The molecular weight excluding hydrogens is 224 g/mol. The summed E-state index contributed by atoms with van der Waals surface area (Å²) in [6.45, 7) is 3.33. The van der Waals surface area contributed by atoms with E-state index in [1.54, 1.807) is 11.3 Å². The summed E-state index contributed by atoms with van der Waals surface area (Å²) in [5, 5.41) is 6.98. The van der Waals surface area contributed by atoms with E-state index in [4.69, 9.17) is 0 Å². The number of nitrogens with zero attached hydrogens (tertiary/aromatic N) is 1. The van der Waals surface area contributed by atoms with Crippen molar-refractivity contribution in [1.82, 2.24) is 10.3 Å². The second kappa shape index (κ2) is 5.87. The average Bonchev–Trinajstić information content (AvgIpc) is 2.81. The Morgan fingerprint density at radius 1 is 1.53 bits per heavy atom. The molecule has 0 radical (unpaired) electrons. The third-order valence-electron chi connectivity index (χ3n) is 2.81. The molecule has 1 saturated heterocycles. The molecule has 1 atom stereocenters. The van der Waals surface area contributed by atoms with Gasteiger partial charge in [-0.15, -0.1) is 11.3 Å². The third kappa shape index (κ3) is 3.47. The first-order valence-electron chi connectivity index (χ1n) is 5.57. The van der Waals surface area contributed by atoms with E-state index in [1.807, 2.05) is 6.20 Å². The molecule has 0 spiro atoms. The monoisotopic (exact) mass is 242 g/mol. The SMILES string of the molecule is CC(CNC1CCSCC1)c1nccs1. The van der Waals surface area contributed by atoms with Crippen LogP contribution in [0.2, 0.25) is 0 Å². The number of thioether (sulfide) groups is 1. The van der Waals surface area contributed by atoms with Gasteiger partial charge >= 0.3 is 0 Å². The van der Waals surface area contributed by atoms with E-state index < -0.39 is 0 Å². The minimum atomic E-state index is 0.555. The Morgan fingerprint density at radius 2 is 2.33 bits per heavy atom. The molecule has 0 amide bonds. The normalized spacial score (nSPS) is 20.3. The van der Waals surface area contributed by atoms with E-state index in [1.165, 1.54) is 29.4 Å². The fraction of sp³-hybridized carbons (Fsp3) is 0.727. The Bertz CT molecular complexity index is 268. The van der Waals surface area contributed by atoms with E-state index in [9.17, 15) is 0 Å². The van der Waals surface area contributed by atoms with Crippen molar-refractivity contribution in [2.45, 2.75) is 31.7 Å². The molecule has 2 nitrogen and oxygen atoms in total. The maximum Gasteiger partial charge on any atom is 0.0965 e. The summed E-state index contributed by atoms with van der Waals surface area (Å²) in [4.78, 5) is 4.35. The lowest BCUT2D eigenvalue weighted by molar-refractivity contribution is 0.465. The van der Waals surface area contributed by atoms with Crippen molar-refractivity contribution in [3.05, 3.63) is 16.6 Å². The van der Waals surface area contributed by atoms with Crippen molar-refractivity contribution in [2.75, 3.05) is 18.1 Å². The number of hydrogen-bond donors (Lipinski definition) is 1. The largest absolute Gasteiger partial charge is 0.313 e. The fourth-order valence-electron chi connectivity index (χ4n) is 1.81. The zero-order valence-corrected chi connectivity index (χ0v) is 10.7. The van der Waals surface area contributed by atoms with Gasteiger partial charge in [0.25, 0.3) is 0 Å². The Balaban J connectivity index is 1.73. The average molecular weight is 242 g/mol. The van der Waals surface area contributed by atoms with E-state index in [2.05, 4.69) is 34.4 Å². The predicted octanol–water partition coefficient (Wildman–Crippen LogP) is 2.73. The molecule has 1 fully saturated rings. The van der Waals surface area contributed by atoms with Crippen molar-refractivity contribution < 1.29 is 0 Å². The molecule has 4 heteroatoms. The number of hydrogen-bond acceptors (Lipinski definition) is 4. The highest BCUT2D eigenvalue weighted by Crippen LogP contribution is 2.19. The van der Waals surface area contributed by atoms with Crippen LogP contribution in [-0.4, -0.2) is 29.1 Å². The molecule has 15 heavy (non-hydrogen) atoms. The molecule has 1 unspecified atom stereocenters. The summed E-state index contributed by atoms with van der Waals surface area (Å²) in [6.07, 6.45) is 4.55. The van der Waals surface area contributed by atoms with Gasteiger partial charge in [-0.2, -0.15) is 11.8 Å². The fourth-order valence-corrected chi connectivity index (χ4v) is 3.62. The maximum atomic E-state index is 4.35. The lowest BCUT2D eigenvalue weighted by Crippen LogP contribution is -2.34. The van der Waals surface area contributed by atoms with Gasteiger partial charge in [0, 0.05) is 30.1 Å². The van der Waals surface area contributed by atoms with Crippen LogP contribution in [0.25, 0.3) is 0 Å². The minimum absolute atomic E-state index is 0.555. The second-order valence-electron chi connectivity index (χ2n) is 4.07. The Labute approximate surface area is 99.9 Å². The van der Waals surface area contributed by atoms with Crippen molar-refractivity contribution in [2.24, 2.45) is 0 Å². The zero-order valence-electron chi connectivity index (χ0n) is 9.11. The summed E-state index contributed by atoms with van der Waals surface area (Å²) in [7, 11) is 0. The first-order valence-corrected chi connectivity index (χ1v) is 7.60. The highest BCUT2D eigenvalue weighted by Gasteiger charge is 2.15. The second-order valence-corrected chi connectivity index (χ2v) is 6.22. The molecule has 2 heterocycles. The van der Waals surface area contributed by atoms with E-state index in [-0.39, 0.29) is 0 Å². The Kier molecular flexibility index (Phi) is 4.47. The van der Waals surface area contributed by atoms with Crippen LogP contribution in [0, 0.1) is 0 Å². The standard InChI is InChI=1S/C11H18N2S2/c1-9(11-12-4-7-15-11)8-13-10-2-5-14-6-3-10/h4,7,9-10,13H,2-3,5-6,8H2,1H3. The number of rotatable bonds is 4. The molecule has 1 N–H and O–H groups in total. The van der Waals surface area contributed by atoms with Gasteiger partial charge in [-0.25, -0.2) is 4.98 Å². The Hall–Kier alpha value is -0.0600. The molecule has 0 bridgehead atoms. The predicted molar refractivity (Wildman–Crippen MR) is 68.9 cm³/mol. The van der Waals surface area contributed by atoms with Gasteiger partial charge in [-0.05, 0) is 24.3 Å². The quantitative estimate of drug-likeness (QED) is 0.879. The van der Waals surface area contributed by atoms with Crippen LogP contribution in [0.4, 0.5) is 0 Å². The van der Waals surface area contributed by atoms with Crippen LogP contribution in [0.3, 0.4) is 0 Å². The third-order valence-corrected chi connectivity index (χ3v) is 4.86. The van der Waals surface area contributed by atoms with Gasteiger partial charge in [0.05, 0.1) is 5.01 Å². The van der Waals surface area contributed by atoms with Crippen LogP contribution in [0.5, 0.6) is 0 Å². The molecule has 1 aliphatic heterocycles. The summed E-state index contributed by atoms with van der Waals surface area (Å²) in [6, 6.07) is 0.744. The van der Waals surface area contributed by atoms with E-state index in [0.29, 0.717) is 5.92 Å². The molecule has 1 aliphatic rings. The molecule has 1 aromatic heterocycles. The molecule has 2 rings (SSSR count). The lowest BCUT2D eigenvalue weighted by Gasteiger charge is -2.23. The van der Waals surface area contributed by atoms with Crippen molar-refractivity contribution in [3.63, 3.8) is 0 Å². The highest BCUT2D eigenvalue weighted by molar-refractivity contribution is 7.99. The smallest absolute Gasteiger partial charge is 0.0965 e. The highest BCUT2D eigenvalue weighted by atomic mass is 32.2. The van der Waals surface area contributed by atoms with E-state index >= 15 is 0 Å². The van der Waals surface area contributed by atoms with Gasteiger partial charge < -0.3 is 5.32 Å². The van der Waals surface area contributed by atoms with Crippen molar-refractivity contribution >= 4 is 23.1 Å². The summed E-state index contributed by atoms with van der Waals surface area (Å²) in [5.74, 6) is 3.20. The van der Waals surface area contributed by atoms with Gasteiger partial charge in [0.15, 0.2) is 0 Å². The van der Waals surface area contributed by atoms with Crippen LogP contribution in [0.15, 0.2) is 11.6 Å². The Morgan fingerprint density at radius 3 is 3.00 bits per heavy atom. The van der Waals surface area contributed by atoms with Crippen LogP contribution >= 0.6 is 23.1 Å². The number of thiazole rings is 1. The van der Waals surface area contributed by atoms with Gasteiger partial charge in [0.2, 0.25) is 0 Å². The molecule has 0 saturated carbocycles. The first-order chi connectivity index (χ1) is 7.36. The molecule has 0 aliphatic carbocycles. The first kappa shape index (κ1) is 11.4. The van der Waals surface area contributed by atoms with Gasteiger partial charge in [-0.1, -0.05) is 6.92 Å². The molecular formula is C11H18N2S2. The van der Waals surface area contributed by atoms with Crippen molar-refractivity contribution in [3.8, 4) is 0 Å².